The van der Waals surface area contributed by atoms with Crippen molar-refractivity contribution < 1.29 is 40.5 Å². The summed E-state index contributed by atoms with van der Waals surface area (Å²) in [6.45, 7) is 0.482. The van der Waals surface area contributed by atoms with Gasteiger partial charge in [0.2, 0.25) is 0 Å². The number of rotatable bonds is 29. The van der Waals surface area contributed by atoms with E-state index < -0.39 is 55.4 Å². The summed E-state index contributed by atoms with van der Waals surface area (Å²) in [5.41, 5.74) is -1.64. The molecule has 0 aliphatic rings. The predicted molar refractivity (Wildman–Crippen MR) is 155 cm³/mol. The molecule has 4 unspecified atom stereocenters. The van der Waals surface area contributed by atoms with Crippen molar-refractivity contribution in [3.8, 4) is 0 Å². The Balaban J connectivity index is 4.46. The van der Waals surface area contributed by atoms with Crippen molar-refractivity contribution in [3.05, 3.63) is 0 Å². The number of hydrogen-bond acceptors (Lipinski definition) is 7. The standard InChI is InChI=1S/C31H62O8/c1-2-3-4-5-6-7-8-9-10-11-12-13-14-15-16-17-18-19-26(20-27(35)23-32)31(30(38)39,21-28(36)24-33)22-29(37)25-34/h26-29,32-37H,2-25H2,1H3,(H,38,39). The van der Waals surface area contributed by atoms with Gasteiger partial charge in [-0.15, -0.1) is 0 Å². The van der Waals surface area contributed by atoms with Crippen LogP contribution < -0.4 is 0 Å². The van der Waals surface area contributed by atoms with E-state index in [9.17, 15) is 40.5 Å². The van der Waals surface area contributed by atoms with Gasteiger partial charge in [0.25, 0.3) is 0 Å². The van der Waals surface area contributed by atoms with Gasteiger partial charge in [0.15, 0.2) is 0 Å². The third-order valence-electron chi connectivity index (χ3n) is 8.25. The van der Waals surface area contributed by atoms with Crippen molar-refractivity contribution in [1.29, 1.82) is 0 Å². The molecule has 234 valence electrons. The van der Waals surface area contributed by atoms with E-state index >= 15 is 0 Å². The Morgan fingerprint density at radius 1 is 0.564 bits per heavy atom. The number of aliphatic hydroxyl groups is 6. The van der Waals surface area contributed by atoms with Crippen LogP contribution in [0.3, 0.4) is 0 Å². The largest absolute Gasteiger partial charge is 0.481 e. The maximum atomic E-state index is 12.5. The van der Waals surface area contributed by atoms with Crippen LogP contribution in [0.2, 0.25) is 0 Å². The summed E-state index contributed by atoms with van der Waals surface area (Å²) in [6, 6.07) is 0. The molecule has 0 aliphatic heterocycles. The second-order valence-electron chi connectivity index (χ2n) is 11.8. The number of carboxylic acid groups (broad SMARTS) is 1. The van der Waals surface area contributed by atoms with E-state index in [0.717, 1.165) is 25.7 Å². The Kier molecular flexibility index (Phi) is 24.5. The van der Waals surface area contributed by atoms with Crippen molar-refractivity contribution in [2.75, 3.05) is 19.8 Å². The molecule has 0 radical (unpaired) electrons. The minimum Gasteiger partial charge on any atom is -0.481 e. The number of hydrogen-bond donors (Lipinski definition) is 7. The molecule has 0 aromatic carbocycles. The topological polar surface area (TPSA) is 159 Å². The highest BCUT2D eigenvalue weighted by Crippen LogP contribution is 2.44. The van der Waals surface area contributed by atoms with Crippen LogP contribution >= 0.6 is 0 Å². The first-order chi connectivity index (χ1) is 18.8. The van der Waals surface area contributed by atoms with E-state index in [-0.39, 0.29) is 19.3 Å². The minimum atomic E-state index is -1.64. The molecule has 0 saturated carbocycles. The Hall–Kier alpha value is -0.770. The first-order valence-corrected chi connectivity index (χ1v) is 15.9. The van der Waals surface area contributed by atoms with Crippen LogP contribution in [0.1, 0.15) is 142 Å². The maximum Gasteiger partial charge on any atom is 0.310 e. The number of carboxylic acids is 1. The van der Waals surface area contributed by atoms with Gasteiger partial charge in [-0.25, -0.2) is 0 Å². The molecule has 0 spiro atoms. The van der Waals surface area contributed by atoms with E-state index in [0.29, 0.717) is 6.42 Å². The summed E-state index contributed by atoms with van der Waals surface area (Å²) in [5.74, 6) is -1.89. The molecule has 0 amide bonds. The zero-order chi connectivity index (χ0) is 29.4. The van der Waals surface area contributed by atoms with Gasteiger partial charge >= 0.3 is 5.97 Å². The predicted octanol–water partition coefficient (Wildman–Crippen LogP) is 4.95. The third kappa shape index (κ3) is 18.3. The Bertz CT molecular complexity index is 547. The summed E-state index contributed by atoms with van der Waals surface area (Å²) < 4.78 is 0. The summed E-state index contributed by atoms with van der Waals surface area (Å²) in [7, 11) is 0. The van der Waals surface area contributed by atoms with Crippen molar-refractivity contribution in [3.63, 3.8) is 0 Å². The van der Waals surface area contributed by atoms with E-state index in [1.807, 2.05) is 0 Å². The van der Waals surface area contributed by atoms with Crippen molar-refractivity contribution in [2.45, 2.75) is 160 Å². The highest BCUT2D eigenvalue weighted by atomic mass is 16.4. The molecule has 0 fully saturated rings. The number of aliphatic carboxylic acids is 1. The molecule has 0 rings (SSSR count). The Labute approximate surface area is 237 Å². The SMILES string of the molecule is CCCCCCCCCCCCCCCCCCCC(CC(O)CO)C(CC(O)CO)(CC(O)CO)C(=O)O. The third-order valence-corrected chi connectivity index (χ3v) is 8.25. The Morgan fingerprint density at radius 2 is 0.897 bits per heavy atom. The average molecular weight is 563 g/mol. The molecule has 39 heavy (non-hydrogen) atoms. The molecule has 7 N–H and O–H groups in total. The van der Waals surface area contributed by atoms with E-state index in [4.69, 9.17) is 0 Å². The second kappa shape index (κ2) is 25.0. The lowest BCUT2D eigenvalue weighted by Gasteiger charge is -2.40. The molecular formula is C31H62O8. The van der Waals surface area contributed by atoms with Gasteiger partial charge < -0.3 is 35.7 Å². The molecule has 0 heterocycles. The van der Waals surface area contributed by atoms with Crippen LogP contribution in [0, 0.1) is 11.3 Å². The number of carbonyl (C=O) groups is 1. The van der Waals surface area contributed by atoms with Crippen LogP contribution in [0.4, 0.5) is 0 Å². The molecule has 0 aromatic rings. The minimum absolute atomic E-state index is 0.00203. The van der Waals surface area contributed by atoms with Gasteiger partial charge in [-0.1, -0.05) is 116 Å². The lowest BCUT2D eigenvalue weighted by molar-refractivity contribution is -0.161. The molecule has 0 saturated heterocycles. The van der Waals surface area contributed by atoms with Gasteiger partial charge in [-0.05, 0) is 31.6 Å². The molecule has 4 atom stereocenters. The van der Waals surface area contributed by atoms with Crippen LogP contribution in [-0.4, -0.2) is 79.8 Å². The van der Waals surface area contributed by atoms with Crippen LogP contribution in [0.5, 0.6) is 0 Å². The summed E-state index contributed by atoms with van der Waals surface area (Å²) in [4.78, 5) is 12.5. The van der Waals surface area contributed by atoms with Crippen molar-refractivity contribution in [2.24, 2.45) is 11.3 Å². The van der Waals surface area contributed by atoms with Crippen molar-refractivity contribution >= 4 is 5.97 Å². The fourth-order valence-electron chi connectivity index (χ4n) is 5.87. The van der Waals surface area contributed by atoms with E-state index in [2.05, 4.69) is 6.92 Å². The zero-order valence-corrected chi connectivity index (χ0v) is 24.8. The monoisotopic (exact) mass is 562 g/mol. The molecule has 0 aromatic heterocycles. The van der Waals surface area contributed by atoms with Crippen LogP contribution in [-0.2, 0) is 4.79 Å². The van der Waals surface area contributed by atoms with E-state index in [1.165, 1.54) is 83.5 Å². The molecule has 0 aliphatic carbocycles. The lowest BCUT2D eigenvalue weighted by Crippen LogP contribution is -2.46. The second-order valence-corrected chi connectivity index (χ2v) is 11.8. The molecular weight excluding hydrogens is 500 g/mol. The normalized spacial score (nSPS) is 16.5. The summed E-state index contributed by atoms with van der Waals surface area (Å²) in [6.07, 6.45) is 17.1. The van der Waals surface area contributed by atoms with Gasteiger partial charge in [0.05, 0.1) is 43.5 Å². The smallest absolute Gasteiger partial charge is 0.310 e. The highest BCUT2D eigenvalue weighted by Gasteiger charge is 2.48. The number of unbranched alkanes of at least 4 members (excludes halogenated alkanes) is 16. The van der Waals surface area contributed by atoms with E-state index in [1.54, 1.807) is 0 Å². The van der Waals surface area contributed by atoms with Gasteiger partial charge in [-0.3, -0.25) is 4.79 Å². The van der Waals surface area contributed by atoms with Gasteiger partial charge in [0.1, 0.15) is 0 Å². The van der Waals surface area contributed by atoms with Crippen molar-refractivity contribution in [1.82, 2.24) is 0 Å². The lowest BCUT2D eigenvalue weighted by atomic mass is 9.64. The fourth-order valence-corrected chi connectivity index (χ4v) is 5.87. The van der Waals surface area contributed by atoms with Crippen LogP contribution in [0.15, 0.2) is 0 Å². The zero-order valence-electron chi connectivity index (χ0n) is 24.8. The highest BCUT2D eigenvalue weighted by molar-refractivity contribution is 5.75. The van der Waals surface area contributed by atoms with Crippen LogP contribution in [0.25, 0.3) is 0 Å². The molecule has 0 bridgehead atoms. The Morgan fingerprint density at radius 3 is 1.21 bits per heavy atom. The average Bonchev–Trinajstić information content (AvgIpc) is 2.92. The molecule has 8 nitrogen and oxygen atoms in total. The van der Waals surface area contributed by atoms with Gasteiger partial charge in [-0.2, -0.15) is 0 Å². The van der Waals surface area contributed by atoms with Gasteiger partial charge in [0, 0.05) is 0 Å². The quantitative estimate of drug-likeness (QED) is 0.0631. The first-order valence-electron chi connectivity index (χ1n) is 15.9. The summed E-state index contributed by atoms with van der Waals surface area (Å²) in [5, 5.41) is 68.7. The summed E-state index contributed by atoms with van der Waals surface area (Å²) >= 11 is 0. The fraction of sp³-hybridized carbons (Fsp3) is 0.968. The first kappa shape index (κ1) is 38.2. The molecule has 8 heteroatoms. The maximum absolute atomic E-state index is 12.5. The number of aliphatic hydroxyl groups excluding tert-OH is 6.